The van der Waals surface area contributed by atoms with Crippen LogP contribution in [0, 0.1) is 17.0 Å². The summed E-state index contributed by atoms with van der Waals surface area (Å²) in [6.45, 7) is 0. The highest BCUT2D eigenvalue weighted by atomic mass is 32.2. The Hall–Kier alpha value is -1.10. The molecule has 0 aromatic heterocycles. The van der Waals surface area contributed by atoms with Crippen molar-refractivity contribution in [2.24, 2.45) is 5.73 Å². The molecular weight excluding hydrogens is 230 g/mol. The Bertz CT molecular complexity index is 369. The fraction of sp³-hybridized carbons (Fsp3) is 0.364. The number of unbranched alkanes of at least 4 members (excludes halogenated alkanes) is 1. The number of hydrogen-bond donors (Lipinski definition) is 2. The van der Waals surface area contributed by atoms with Crippen LogP contribution in [-0.2, 0) is 0 Å². The first-order valence-electron chi connectivity index (χ1n) is 5.00. The molecule has 0 fully saturated rings. The van der Waals surface area contributed by atoms with Gasteiger partial charge in [-0.15, -0.1) is 11.8 Å². The van der Waals surface area contributed by atoms with Crippen molar-refractivity contribution in [1.82, 2.24) is 0 Å². The van der Waals surface area contributed by atoms with Gasteiger partial charge in [0.1, 0.15) is 11.6 Å². The second kappa shape index (κ2) is 6.48. The monoisotopic (exact) mass is 244 g/mol. The van der Waals surface area contributed by atoms with E-state index >= 15 is 0 Å². The maximum absolute atomic E-state index is 13.2. The lowest BCUT2D eigenvalue weighted by Gasteiger charge is -2.03. The number of nitrogens with two attached hydrogens (primary N) is 1. The molecule has 0 heterocycles. The second-order valence-electron chi connectivity index (χ2n) is 3.41. The van der Waals surface area contributed by atoms with Crippen LogP contribution in [0.5, 0.6) is 0 Å². The predicted molar refractivity (Wildman–Crippen MR) is 62.8 cm³/mol. The number of rotatable bonds is 6. The molecule has 0 saturated carbocycles. The summed E-state index contributed by atoms with van der Waals surface area (Å²) in [5.41, 5.74) is 5.20. The summed E-state index contributed by atoms with van der Waals surface area (Å²) in [6.07, 6.45) is 2.26. The van der Waals surface area contributed by atoms with Gasteiger partial charge < -0.3 is 5.73 Å². The van der Waals surface area contributed by atoms with Crippen LogP contribution in [0.4, 0.5) is 8.78 Å². The highest BCUT2D eigenvalue weighted by Gasteiger charge is 2.03. The van der Waals surface area contributed by atoms with Crippen LogP contribution in [0.1, 0.15) is 19.3 Å². The quantitative estimate of drug-likeness (QED) is 0.349. The van der Waals surface area contributed by atoms with Crippen molar-refractivity contribution in [1.29, 1.82) is 5.41 Å². The summed E-state index contributed by atoms with van der Waals surface area (Å²) in [5, 5.41) is 7.02. The molecule has 16 heavy (non-hydrogen) atoms. The smallest absolute Gasteiger partial charge is 0.139 e. The lowest BCUT2D eigenvalue weighted by Crippen LogP contribution is -2.08. The van der Waals surface area contributed by atoms with Gasteiger partial charge in [0, 0.05) is 17.4 Å². The Morgan fingerprint density at radius 2 is 2.06 bits per heavy atom. The third-order valence-corrected chi connectivity index (χ3v) is 3.13. The van der Waals surface area contributed by atoms with Crippen LogP contribution in [-0.4, -0.2) is 11.6 Å². The molecular formula is C11H14F2N2S. The summed E-state index contributed by atoms with van der Waals surface area (Å²) < 4.78 is 25.8. The van der Waals surface area contributed by atoms with Gasteiger partial charge in [-0.1, -0.05) is 0 Å². The number of halogens is 2. The number of hydrogen-bond acceptors (Lipinski definition) is 2. The van der Waals surface area contributed by atoms with Crippen molar-refractivity contribution in [3.63, 3.8) is 0 Å². The van der Waals surface area contributed by atoms with Gasteiger partial charge in [0.05, 0.1) is 5.84 Å². The van der Waals surface area contributed by atoms with Gasteiger partial charge in [-0.25, -0.2) is 8.78 Å². The number of nitrogens with one attached hydrogen (secondary N) is 1. The minimum atomic E-state index is -0.557. The molecule has 0 radical (unpaired) electrons. The Morgan fingerprint density at radius 3 is 2.69 bits per heavy atom. The third kappa shape index (κ3) is 4.61. The van der Waals surface area contributed by atoms with Crippen LogP contribution in [0.2, 0.25) is 0 Å². The Morgan fingerprint density at radius 1 is 1.31 bits per heavy atom. The van der Waals surface area contributed by atoms with Gasteiger partial charge in [-0.2, -0.15) is 0 Å². The zero-order valence-corrected chi connectivity index (χ0v) is 9.62. The Balaban J connectivity index is 2.29. The molecule has 0 aliphatic carbocycles. The van der Waals surface area contributed by atoms with Crippen molar-refractivity contribution >= 4 is 17.6 Å². The van der Waals surface area contributed by atoms with E-state index in [1.54, 1.807) is 0 Å². The molecule has 0 spiro atoms. The average Bonchev–Trinajstić information content (AvgIpc) is 2.20. The van der Waals surface area contributed by atoms with Gasteiger partial charge in [0.25, 0.3) is 0 Å². The SMILES string of the molecule is N=C(N)CCCCSc1ccc(F)cc1F. The zero-order valence-electron chi connectivity index (χ0n) is 8.80. The van der Waals surface area contributed by atoms with Gasteiger partial charge >= 0.3 is 0 Å². The molecule has 5 heteroatoms. The third-order valence-electron chi connectivity index (χ3n) is 1.99. The minimum Gasteiger partial charge on any atom is -0.388 e. The van der Waals surface area contributed by atoms with Crippen LogP contribution in [0.15, 0.2) is 23.1 Å². The maximum atomic E-state index is 13.2. The van der Waals surface area contributed by atoms with Crippen molar-refractivity contribution in [2.45, 2.75) is 24.2 Å². The molecule has 0 aliphatic rings. The minimum absolute atomic E-state index is 0.179. The highest BCUT2D eigenvalue weighted by molar-refractivity contribution is 7.99. The fourth-order valence-electron chi connectivity index (χ4n) is 1.19. The molecule has 0 amide bonds. The van der Waals surface area contributed by atoms with Gasteiger partial charge in [-0.3, -0.25) is 5.41 Å². The van der Waals surface area contributed by atoms with Crippen molar-refractivity contribution in [2.75, 3.05) is 5.75 Å². The van der Waals surface area contributed by atoms with E-state index in [2.05, 4.69) is 0 Å². The van der Waals surface area contributed by atoms with E-state index in [0.717, 1.165) is 24.7 Å². The van der Waals surface area contributed by atoms with Gasteiger partial charge in [0.2, 0.25) is 0 Å². The standard InChI is InChI=1S/C11H14F2N2S/c12-8-4-5-10(9(13)7-8)16-6-2-1-3-11(14)15/h4-5,7H,1-3,6H2,(H3,14,15). The molecule has 0 saturated heterocycles. The topological polar surface area (TPSA) is 49.9 Å². The molecule has 0 aliphatic heterocycles. The molecule has 1 rings (SSSR count). The fourth-order valence-corrected chi connectivity index (χ4v) is 2.12. The second-order valence-corrected chi connectivity index (χ2v) is 4.54. The summed E-state index contributed by atoms with van der Waals surface area (Å²) in [6, 6.07) is 3.58. The Labute approximate surface area is 97.7 Å². The number of amidine groups is 1. The lowest BCUT2D eigenvalue weighted by atomic mass is 10.2. The molecule has 0 bridgehead atoms. The first-order valence-corrected chi connectivity index (χ1v) is 5.99. The average molecular weight is 244 g/mol. The molecule has 88 valence electrons. The highest BCUT2D eigenvalue weighted by Crippen LogP contribution is 2.23. The zero-order chi connectivity index (χ0) is 12.0. The van der Waals surface area contributed by atoms with E-state index in [-0.39, 0.29) is 5.84 Å². The van der Waals surface area contributed by atoms with Crippen LogP contribution < -0.4 is 5.73 Å². The molecule has 0 atom stereocenters. The van der Waals surface area contributed by atoms with E-state index in [9.17, 15) is 8.78 Å². The molecule has 2 nitrogen and oxygen atoms in total. The largest absolute Gasteiger partial charge is 0.388 e. The first kappa shape index (κ1) is 13.0. The molecule has 3 N–H and O–H groups in total. The normalized spacial score (nSPS) is 10.4. The first-order chi connectivity index (χ1) is 7.59. The number of thioether (sulfide) groups is 1. The maximum Gasteiger partial charge on any atom is 0.139 e. The summed E-state index contributed by atoms with van der Waals surface area (Å²) in [7, 11) is 0. The summed E-state index contributed by atoms with van der Waals surface area (Å²) >= 11 is 1.35. The molecule has 0 unspecified atom stereocenters. The van der Waals surface area contributed by atoms with Crippen molar-refractivity contribution in [3.05, 3.63) is 29.8 Å². The number of benzene rings is 1. The van der Waals surface area contributed by atoms with Crippen LogP contribution >= 0.6 is 11.8 Å². The van der Waals surface area contributed by atoms with E-state index < -0.39 is 11.6 Å². The van der Waals surface area contributed by atoms with E-state index in [4.69, 9.17) is 11.1 Å². The Kier molecular flexibility index (Phi) is 5.25. The van der Waals surface area contributed by atoms with Gasteiger partial charge in [-0.05, 0) is 30.7 Å². The lowest BCUT2D eigenvalue weighted by molar-refractivity contribution is 0.565. The summed E-state index contributed by atoms with van der Waals surface area (Å²) in [5.74, 6) is -0.150. The van der Waals surface area contributed by atoms with E-state index in [1.165, 1.54) is 23.9 Å². The van der Waals surface area contributed by atoms with Gasteiger partial charge in [0.15, 0.2) is 0 Å². The van der Waals surface area contributed by atoms with Crippen molar-refractivity contribution in [3.8, 4) is 0 Å². The van der Waals surface area contributed by atoms with Crippen molar-refractivity contribution < 1.29 is 8.78 Å². The summed E-state index contributed by atoms with van der Waals surface area (Å²) in [4.78, 5) is 0.462. The molecule has 1 aromatic rings. The van der Waals surface area contributed by atoms with Crippen LogP contribution in [0.25, 0.3) is 0 Å². The van der Waals surface area contributed by atoms with Crippen LogP contribution in [0.3, 0.4) is 0 Å². The van der Waals surface area contributed by atoms with E-state index in [1.807, 2.05) is 0 Å². The molecule has 1 aromatic carbocycles. The predicted octanol–water partition coefficient (Wildman–Crippen LogP) is 3.16. The van der Waals surface area contributed by atoms with E-state index in [0.29, 0.717) is 11.3 Å².